The minimum Gasteiger partial charge on any atom is -0.467 e. The summed E-state index contributed by atoms with van der Waals surface area (Å²) in [7, 11) is 1.18. The topological polar surface area (TPSA) is 118 Å². The average Bonchev–Trinajstić information content (AvgIpc) is 3.10. The molecule has 0 bridgehead atoms. The molecular weight excluding hydrogens is 350 g/mol. The zero-order valence-corrected chi connectivity index (χ0v) is 15.2. The van der Waals surface area contributed by atoms with Gasteiger partial charge < -0.3 is 19.0 Å². The molecule has 0 aromatic rings. The molecule has 2 aliphatic heterocycles. The summed E-state index contributed by atoms with van der Waals surface area (Å²) in [6.45, 7) is 4.74. The molecule has 2 rings (SSSR count). The van der Waals surface area contributed by atoms with Crippen molar-refractivity contribution < 1.29 is 43.1 Å². The number of nitrogens with zero attached hydrogens (tertiary/aromatic N) is 1. The summed E-state index contributed by atoms with van der Waals surface area (Å²) in [4.78, 5) is 59.6. The van der Waals surface area contributed by atoms with Crippen LogP contribution in [0.25, 0.3) is 0 Å². The van der Waals surface area contributed by atoms with Crippen LogP contribution in [0.1, 0.15) is 33.6 Å². The number of rotatable bonds is 7. The van der Waals surface area contributed by atoms with Crippen LogP contribution in [-0.4, -0.2) is 67.0 Å². The third-order valence-electron chi connectivity index (χ3n) is 4.35. The van der Waals surface area contributed by atoms with E-state index in [9.17, 15) is 19.2 Å². The monoisotopic (exact) mass is 373 g/mol. The van der Waals surface area contributed by atoms with Gasteiger partial charge in [-0.15, -0.1) is 0 Å². The van der Waals surface area contributed by atoms with Gasteiger partial charge in [0.1, 0.15) is 5.78 Å². The first-order valence-corrected chi connectivity index (χ1v) is 8.36. The lowest BCUT2D eigenvalue weighted by Gasteiger charge is -2.29. The van der Waals surface area contributed by atoms with Gasteiger partial charge in [-0.05, 0) is 26.0 Å². The van der Waals surface area contributed by atoms with E-state index in [-0.39, 0.29) is 31.8 Å². The summed E-state index contributed by atoms with van der Waals surface area (Å²) in [5, 5.41) is 0.807. The summed E-state index contributed by atoms with van der Waals surface area (Å²) in [5.74, 6) is -3.38. The molecule has 0 spiro atoms. The van der Waals surface area contributed by atoms with Gasteiger partial charge in [-0.2, -0.15) is 0 Å². The van der Waals surface area contributed by atoms with Crippen LogP contribution in [0.15, 0.2) is 0 Å². The van der Waals surface area contributed by atoms with Crippen LogP contribution in [0.3, 0.4) is 0 Å². The summed E-state index contributed by atoms with van der Waals surface area (Å²) < 4.78 is 14.8. The molecule has 26 heavy (non-hydrogen) atoms. The van der Waals surface area contributed by atoms with Crippen LogP contribution in [0, 0.1) is 5.92 Å². The molecule has 10 heteroatoms. The minimum absolute atomic E-state index is 0.0637. The second kappa shape index (κ2) is 8.11. The van der Waals surface area contributed by atoms with Crippen LogP contribution >= 0.6 is 0 Å². The first-order valence-electron chi connectivity index (χ1n) is 8.36. The lowest BCUT2D eigenvalue weighted by molar-refractivity contribution is -0.362. The Morgan fingerprint density at radius 3 is 2.27 bits per heavy atom. The standard InChI is InChI=1S/C16H23NO9/c1-5-23-14(20)12-10(7-9(3)18)16(15(21)24-6-2)8-11(13(19)22-4)25-17(16)26-12/h10-12H,5-8H2,1-4H3/t10-,11+,12+,16-/m0/s1. The Hall–Kier alpha value is -2.04. The third kappa shape index (κ3) is 3.44. The fourth-order valence-electron chi connectivity index (χ4n) is 3.28. The SMILES string of the molecule is CCOC(=O)[C@@H]1ON2O[C@@H](C(=O)OC)C[C@@]2(C(=O)OCC)[C@H]1CC(C)=O. The molecule has 0 saturated carbocycles. The van der Waals surface area contributed by atoms with E-state index in [2.05, 4.69) is 4.74 Å². The number of carbonyl (C=O) groups excluding carboxylic acids is 4. The minimum atomic E-state index is -1.63. The van der Waals surface area contributed by atoms with Crippen molar-refractivity contribution in [2.45, 2.75) is 51.4 Å². The number of esters is 3. The van der Waals surface area contributed by atoms with Crippen LogP contribution < -0.4 is 0 Å². The molecule has 2 saturated heterocycles. The number of hydrogen-bond donors (Lipinski definition) is 0. The van der Waals surface area contributed by atoms with Crippen LogP contribution in [-0.2, 0) is 43.1 Å². The predicted molar refractivity (Wildman–Crippen MR) is 83.0 cm³/mol. The van der Waals surface area contributed by atoms with Crippen molar-refractivity contribution >= 4 is 23.7 Å². The first kappa shape index (κ1) is 20.3. The Morgan fingerprint density at radius 1 is 1.08 bits per heavy atom. The second-order valence-corrected chi connectivity index (χ2v) is 6.01. The summed E-state index contributed by atoms with van der Waals surface area (Å²) in [6, 6.07) is 0. The molecule has 2 aliphatic rings. The molecule has 2 heterocycles. The fourth-order valence-corrected chi connectivity index (χ4v) is 3.28. The highest BCUT2D eigenvalue weighted by Crippen LogP contribution is 2.49. The third-order valence-corrected chi connectivity index (χ3v) is 4.35. The number of Topliss-reactive ketones (excluding diaryl/α,β-unsaturated/α-hetero) is 1. The zero-order valence-electron chi connectivity index (χ0n) is 15.2. The van der Waals surface area contributed by atoms with Gasteiger partial charge in [0.05, 0.1) is 20.3 Å². The lowest BCUT2D eigenvalue weighted by atomic mass is 9.75. The van der Waals surface area contributed by atoms with Gasteiger partial charge in [0.15, 0.2) is 17.7 Å². The Bertz CT molecular complexity index is 592. The molecule has 0 aromatic heterocycles. The van der Waals surface area contributed by atoms with Crippen molar-refractivity contribution in [3.05, 3.63) is 0 Å². The van der Waals surface area contributed by atoms with Crippen molar-refractivity contribution in [2.75, 3.05) is 20.3 Å². The highest BCUT2D eigenvalue weighted by molar-refractivity contribution is 5.89. The van der Waals surface area contributed by atoms with Crippen LogP contribution in [0.4, 0.5) is 0 Å². The van der Waals surface area contributed by atoms with E-state index in [1.165, 1.54) is 14.0 Å². The summed E-state index contributed by atoms with van der Waals surface area (Å²) >= 11 is 0. The van der Waals surface area contributed by atoms with Crippen molar-refractivity contribution in [3.8, 4) is 0 Å². The van der Waals surface area contributed by atoms with Gasteiger partial charge in [0.2, 0.25) is 0 Å². The Morgan fingerprint density at radius 2 is 1.73 bits per heavy atom. The molecule has 146 valence electrons. The van der Waals surface area contributed by atoms with Crippen molar-refractivity contribution in [1.29, 1.82) is 0 Å². The van der Waals surface area contributed by atoms with E-state index in [0.29, 0.717) is 0 Å². The van der Waals surface area contributed by atoms with Crippen LogP contribution in [0.2, 0.25) is 0 Å². The normalized spacial score (nSPS) is 30.5. The zero-order chi connectivity index (χ0) is 19.5. The highest BCUT2D eigenvalue weighted by atomic mass is 17.0. The molecule has 0 radical (unpaired) electrons. The number of fused-ring (bicyclic) bond motifs is 1. The van der Waals surface area contributed by atoms with Crippen LogP contribution in [0.5, 0.6) is 0 Å². The first-order chi connectivity index (χ1) is 12.3. The molecule has 0 N–H and O–H groups in total. The molecule has 4 atom stereocenters. The summed E-state index contributed by atoms with van der Waals surface area (Å²) in [6.07, 6.45) is -2.69. The largest absolute Gasteiger partial charge is 0.467 e. The maximum atomic E-state index is 12.8. The lowest BCUT2D eigenvalue weighted by Crippen LogP contribution is -2.52. The fraction of sp³-hybridized carbons (Fsp3) is 0.750. The quantitative estimate of drug-likeness (QED) is 0.443. The molecule has 0 aliphatic carbocycles. The van der Waals surface area contributed by atoms with Gasteiger partial charge in [-0.3, -0.25) is 9.68 Å². The van der Waals surface area contributed by atoms with E-state index in [0.717, 1.165) is 5.23 Å². The van der Waals surface area contributed by atoms with E-state index < -0.39 is 41.6 Å². The predicted octanol–water partition coefficient (Wildman–Crippen LogP) is -0.0606. The molecule has 0 unspecified atom stereocenters. The van der Waals surface area contributed by atoms with Gasteiger partial charge >= 0.3 is 17.9 Å². The number of hydrogen-bond acceptors (Lipinski definition) is 10. The van der Waals surface area contributed by atoms with Crippen molar-refractivity contribution in [3.63, 3.8) is 0 Å². The number of methoxy groups -OCH3 is 1. The van der Waals surface area contributed by atoms with E-state index in [1.807, 2.05) is 0 Å². The molecule has 0 amide bonds. The van der Waals surface area contributed by atoms with E-state index in [4.69, 9.17) is 19.1 Å². The maximum absolute atomic E-state index is 12.8. The van der Waals surface area contributed by atoms with Gasteiger partial charge in [0, 0.05) is 18.8 Å². The van der Waals surface area contributed by atoms with E-state index in [1.54, 1.807) is 13.8 Å². The Balaban J connectivity index is 2.44. The number of hydroxylamine groups is 2. The number of ketones is 1. The number of ether oxygens (including phenoxy) is 3. The smallest absolute Gasteiger partial charge is 0.337 e. The van der Waals surface area contributed by atoms with Crippen molar-refractivity contribution in [1.82, 2.24) is 5.23 Å². The van der Waals surface area contributed by atoms with Gasteiger partial charge in [-0.1, -0.05) is 0 Å². The molecule has 0 aromatic carbocycles. The van der Waals surface area contributed by atoms with Gasteiger partial charge in [-0.25, -0.2) is 14.4 Å². The Labute approximate surface area is 150 Å². The molecule has 2 fully saturated rings. The van der Waals surface area contributed by atoms with E-state index >= 15 is 0 Å². The maximum Gasteiger partial charge on any atom is 0.337 e. The molecular formula is C16H23NO9. The average molecular weight is 373 g/mol. The molecule has 10 nitrogen and oxygen atoms in total. The number of carbonyl (C=O) groups is 4. The van der Waals surface area contributed by atoms with Crippen molar-refractivity contribution in [2.24, 2.45) is 5.92 Å². The summed E-state index contributed by atoms with van der Waals surface area (Å²) in [5.41, 5.74) is -1.63. The Kier molecular flexibility index (Phi) is 6.32. The van der Waals surface area contributed by atoms with Gasteiger partial charge in [0.25, 0.3) is 0 Å². The highest BCUT2D eigenvalue weighted by Gasteiger charge is 2.70. The second-order valence-electron chi connectivity index (χ2n) is 6.01.